The molecular formula is H4CaCl2La. The summed E-state index contributed by atoms with van der Waals surface area (Å²) in [6, 6.07) is 0. The largest absolute Gasteiger partial charge is 2.00 e. The van der Waals surface area contributed by atoms with Gasteiger partial charge in [0, 0.05) is 35.6 Å². The molecule has 4 heteroatoms. The van der Waals surface area contributed by atoms with Gasteiger partial charge in [0.15, 0.2) is 0 Å². The summed E-state index contributed by atoms with van der Waals surface area (Å²) >= 11 is 0. The van der Waals surface area contributed by atoms with Crippen LogP contribution in [0.4, 0.5) is 0 Å². The van der Waals surface area contributed by atoms with Crippen molar-refractivity contribution in [2.24, 2.45) is 0 Å². The van der Waals surface area contributed by atoms with Crippen LogP contribution in [0.3, 0.4) is 0 Å². The minimum atomic E-state index is 0. The van der Waals surface area contributed by atoms with Crippen molar-refractivity contribution in [1.82, 2.24) is 0 Å². The van der Waals surface area contributed by atoms with Gasteiger partial charge in [-0.1, -0.05) is 0 Å². The minimum absolute atomic E-state index is 0. The maximum atomic E-state index is 0. The van der Waals surface area contributed by atoms with E-state index in [0.717, 1.165) is 0 Å². The van der Waals surface area contributed by atoms with Crippen molar-refractivity contribution in [1.29, 1.82) is 0 Å². The summed E-state index contributed by atoms with van der Waals surface area (Å²) < 4.78 is 0. The first-order chi connectivity index (χ1) is 0. The van der Waals surface area contributed by atoms with E-state index in [1.54, 1.807) is 0 Å². The molecule has 0 saturated heterocycles. The first-order valence-electron chi connectivity index (χ1n) is 0. The van der Waals surface area contributed by atoms with Crippen LogP contribution < -0.4 is 0 Å². The van der Waals surface area contributed by atoms with Gasteiger partial charge in [0.2, 0.25) is 0 Å². The van der Waals surface area contributed by atoms with Crippen LogP contribution in [0.5, 0.6) is 0 Å². The van der Waals surface area contributed by atoms with E-state index < -0.39 is 0 Å². The van der Waals surface area contributed by atoms with Crippen molar-refractivity contribution in [3.8, 4) is 0 Å². The fraction of sp³-hybridized carbons (Fsp3) is 0. The molecule has 0 fully saturated rings. The van der Waals surface area contributed by atoms with Crippen LogP contribution in [0.15, 0.2) is 0 Å². The molecule has 0 N–H and O–H groups in total. The average molecular weight is 254 g/mol. The van der Waals surface area contributed by atoms with Crippen LogP contribution in [-0.2, 0) is 0 Å². The maximum Gasteiger partial charge on any atom is 2.00 e. The van der Waals surface area contributed by atoms with Gasteiger partial charge in [0.1, 0.15) is 0 Å². The van der Waals surface area contributed by atoms with E-state index in [2.05, 4.69) is 0 Å². The molecule has 0 unspecified atom stereocenters. The fourth-order valence-corrected chi connectivity index (χ4v) is 0. The minimum Gasteiger partial charge on any atom is -1.00 e. The van der Waals surface area contributed by atoms with Gasteiger partial charge in [-0.25, -0.2) is 0 Å². The van der Waals surface area contributed by atoms with Gasteiger partial charge in [0.05, 0.1) is 0 Å². The summed E-state index contributed by atoms with van der Waals surface area (Å²) in [7, 11) is 0. The normalized spacial score (nSPS) is 0. The Morgan fingerprint density at radius 3 is 1.00 bits per heavy atom. The number of hydrogen-bond donors (Lipinski definition) is 0. The van der Waals surface area contributed by atoms with E-state index in [1.165, 1.54) is 0 Å². The first-order valence-corrected chi connectivity index (χ1v) is 0. The summed E-state index contributed by atoms with van der Waals surface area (Å²) in [6.07, 6.45) is 0. The van der Waals surface area contributed by atoms with Crippen molar-refractivity contribution < 1.29 is 38.5 Å². The Morgan fingerprint density at radius 1 is 1.00 bits per heavy atom. The molecule has 0 bridgehead atoms. The molecule has 0 saturated carbocycles. The van der Waals surface area contributed by atoms with Crippen molar-refractivity contribution in [3.63, 3.8) is 0 Å². The van der Waals surface area contributed by atoms with Gasteiger partial charge in [-0.15, -0.1) is 24.8 Å². The quantitative estimate of drug-likeness (QED) is 0.558. The zero-order valence-electron chi connectivity index (χ0n) is 4.10. The van der Waals surface area contributed by atoms with E-state index in [9.17, 15) is 0 Å². The summed E-state index contributed by atoms with van der Waals surface area (Å²) in [5, 5.41) is 0. The standard InChI is InChI=1S/Ca.2ClH.La.2H/h;2*1H;;;/q+2;;;;2*-1. The van der Waals surface area contributed by atoms with E-state index in [1.807, 2.05) is 0 Å². The number of halogens is 2. The van der Waals surface area contributed by atoms with Crippen molar-refractivity contribution in [2.45, 2.75) is 0 Å². The zero-order chi connectivity index (χ0) is 0. The SMILES string of the molecule is Cl.Cl.[Ca+2].[H-].[H-].[La]. The fourth-order valence-electron chi connectivity index (χ4n) is 0. The second-order valence-electron chi connectivity index (χ2n) is 0. The summed E-state index contributed by atoms with van der Waals surface area (Å²) in [6.45, 7) is 0. The Morgan fingerprint density at radius 2 is 1.00 bits per heavy atom. The van der Waals surface area contributed by atoms with Gasteiger partial charge in [-0.3, -0.25) is 0 Å². The molecule has 0 aromatic carbocycles. The van der Waals surface area contributed by atoms with Crippen LogP contribution in [0.25, 0.3) is 0 Å². The second kappa shape index (κ2) is 16.6. The maximum absolute atomic E-state index is 0. The van der Waals surface area contributed by atoms with Crippen molar-refractivity contribution in [2.75, 3.05) is 0 Å². The van der Waals surface area contributed by atoms with Crippen LogP contribution in [0.1, 0.15) is 2.85 Å². The van der Waals surface area contributed by atoms with E-state index in [4.69, 9.17) is 0 Å². The Kier molecular flexibility index (Phi) is 116. The molecule has 0 aliphatic rings. The molecule has 0 aliphatic heterocycles. The van der Waals surface area contributed by atoms with E-state index in [0.29, 0.717) is 0 Å². The Labute approximate surface area is 98.9 Å². The van der Waals surface area contributed by atoms with Gasteiger partial charge in [-0.2, -0.15) is 0 Å². The van der Waals surface area contributed by atoms with Gasteiger partial charge < -0.3 is 2.85 Å². The average Bonchev–Trinajstić information content (AvgIpc) is 0. The van der Waals surface area contributed by atoms with Gasteiger partial charge >= 0.3 is 37.7 Å². The third kappa shape index (κ3) is 8.90. The second-order valence-corrected chi connectivity index (χ2v) is 0. The van der Waals surface area contributed by atoms with Crippen LogP contribution in [-0.4, -0.2) is 37.7 Å². The number of rotatable bonds is 0. The molecule has 1 radical (unpaired) electrons. The van der Waals surface area contributed by atoms with Crippen LogP contribution >= 0.6 is 24.8 Å². The molecule has 0 amide bonds. The predicted octanol–water partition coefficient (Wildman–Crippen LogP) is 0.688. The third-order valence-electron chi connectivity index (χ3n) is 0. The Balaban J connectivity index is 0. The molecule has 0 aromatic rings. The smallest absolute Gasteiger partial charge is 1.00 e. The molecule has 0 rings (SSSR count). The van der Waals surface area contributed by atoms with Gasteiger partial charge in [0.25, 0.3) is 0 Å². The summed E-state index contributed by atoms with van der Waals surface area (Å²) in [5.41, 5.74) is 0. The van der Waals surface area contributed by atoms with Crippen molar-refractivity contribution in [3.05, 3.63) is 0 Å². The van der Waals surface area contributed by atoms with Crippen LogP contribution in [0.2, 0.25) is 0 Å². The molecule has 0 atom stereocenters. The summed E-state index contributed by atoms with van der Waals surface area (Å²) in [4.78, 5) is 0. The number of hydrogen-bond acceptors (Lipinski definition) is 0. The van der Waals surface area contributed by atoms with Gasteiger partial charge in [-0.05, 0) is 0 Å². The Bertz CT molecular complexity index is 11.5. The predicted molar refractivity (Wildman–Crippen MR) is 22.5 cm³/mol. The van der Waals surface area contributed by atoms with E-state index >= 15 is 0 Å². The Hall–Kier alpha value is 3.03. The molecule has 0 aromatic heterocycles. The van der Waals surface area contributed by atoms with Crippen molar-refractivity contribution >= 4 is 62.6 Å². The molecule has 0 spiro atoms. The monoisotopic (exact) mass is 253 g/mol. The molecular weight excluding hydrogens is 250 g/mol. The molecule has 0 nitrogen and oxygen atoms in total. The zero-order valence-corrected chi connectivity index (χ0v) is 9.57. The topological polar surface area (TPSA) is 0 Å². The van der Waals surface area contributed by atoms with Crippen LogP contribution in [0, 0.1) is 35.6 Å². The first kappa shape index (κ1) is 27.8. The molecule has 0 aliphatic carbocycles. The van der Waals surface area contributed by atoms with E-state index in [-0.39, 0.29) is 101 Å². The summed E-state index contributed by atoms with van der Waals surface area (Å²) in [5.74, 6) is 0. The third-order valence-corrected chi connectivity index (χ3v) is 0. The molecule has 0 heterocycles. The molecule has 23 valence electrons. The molecule has 4 heavy (non-hydrogen) atoms.